The van der Waals surface area contributed by atoms with E-state index in [1.807, 2.05) is 0 Å². The molecule has 0 aliphatic heterocycles. The lowest BCUT2D eigenvalue weighted by molar-refractivity contribution is -0.146. The van der Waals surface area contributed by atoms with E-state index in [0.717, 1.165) is 32.4 Å². The first-order valence-electron chi connectivity index (χ1n) is 7.04. The average Bonchev–Trinajstić information content (AvgIpc) is 2.38. The van der Waals surface area contributed by atoms with Crippen LogP contribution in [0.15, 0.2) is 0 Å². The second kappa shape index (κ2) is 8.51. The first-order chi connectivity index (χ1) is 9.10. The summed E-state index contributed by atoms with van der Waals surface area (Å²) < 4.78 is 10.3. The van der Waals surface area contributed by atoms with E-state index in [1.54, 1.807) is 14.2 Å². The van der Waals surface area contributed by atoms with E-state index >= 15 is 0 Å². The van der Waals surface area contributed by atoms with Gasteiger partial charge in [0, 0.05) is 33.4 Å². The van der Waals surface area contributed by atoms with Crippen molar-refractivity contribution in [3.05, 3.63) is 0 Å². The third-order valence-electron chi connectivity index (χ3n) is 4.03. The van der Waals surface area contributed by atoms with Gasteiger partial charge in [-0.2, -0.15) is 0 Å². The van der Waals surface area contributed by atoms with Crippen LogP contribution >= 0.6 is 0 Å². The second-order valence-electron chi connectivity index (χ2n) is 5.45. The molecule has 0 spiro atoms. The Morgan fingerprint density at radius 3 is 2.26 bits per heavy atom. The third-order valence-corrected chi connectivity index (χ3v) is 4.03. The SMILES string of the molecule is COCCN(CCOC)C1CC(C)CCC1C(=O)O. The molecule has 1 saturated carbocycles. The molecule has 1 aliphatic rings. The zero-order valence-corrected chi connectivity index (χ0v) is 12.3. The molecule has 0 aromatic rings. The van der Waals surface area contributed by atoms with E-state index in [4.69, 9.17) is 9.47 Å². The standard InChI is InChI=1S/C14H27NO4/c1-11-4-5-12(14(16)17)13(10-11)15(6-8-18-2)7-9-19-3/h11-13H,4-10H2,1-3H3,(H,16,17). The van der Waals surface area contributed by atoms with Crippen LogP contribution in [0.4, 0.5) is 0 Å². The molecule has 1 N–H and O–H groups in total. The van der Waals surface area contributed by atoms with Crippen molar-refractivity contribution in [1.29, 1.82) is 0 Å². The number of ether oxygens (including phenoxy) is 2. The van der Waals surface area contributed by atoms with Crippen LogP contribution in [0.3, 0.4) is 0 Å². The summed E-state index contributed by atoms with van der Waals surface area (Å²) in [6.07, 6.45) is 2.73. The molecule has 0 radical (unpaired) electrons. The Labute approximate surface area is 115 Å². The van der Waals surface area contributed by atoms with E-state index in [-0.39, 0.29) is 12.0 Å². The zero-order valence-electron chi connectivity index (χ0n) is 12.3. The molecule has 1 rings (SSSR count). The van der Waals surface area contributed by atoms with Gasteiger partial charge in [0.1, 0.15) is 0 Å². The van der Waals surface area contributed by atoms with Crippen molar-refractivity contribution in [2.45, 2.75) is 32.2 Å². The molecular weight excluding hydrogens is 246 g/mol. The van der Waals surface area contributed by atoms with Crippen molar-refractivity contribution < 1.29 is 19.4 Å². The summed E-state index contributed by atoms with van der Waals surface area (Å²) in [6.45, 7) is 4.99. The summed E-state index contributed by atoms with van der Waals surface area (Å²) in [5.74, 6) is -0.338. The molecule has 0 saturated heterocycles. The molecule has 5 nitrogen and oxygen atoms in total. The van der Waals surface area contributed by atoms with Crippen LogP contribution in [0.25, 0.3) is 0 Å². The van der Waals surface area contributed by atoms with Crippen LogP contribution in [-0.2, 0) is 14.3 Å². The minimum absolute atomic E-state index is 0.103. The third kappa shape index (κ3) is 5.09. The molecule has 1 aliphatic carbocycles. The number of carboxylic acid groups (broad SMARTS) is 1. The predicted octanol–water partition coefficient (Wildman–Crippen LogP) is 1.47. The molecule has 0 aromatic carbocycles. The fourth-order valence-corrected chi connectivity index (χ4v) is 2.90. The molecule has 0 bridgehead atoms. The summed E-state index contributed by atoms with van der Waals surface area (Å²) in [6, 6.07) is 0.103. The number of carboxylic acids is 1. The lowest BCUT2D eigenvalue weighted by Gasteiger charge is -2.40. The quantitative estimate of drug-likeness (QED) is 0.726. The normalized spacial score (nSPS) is 27.7. The fourth-order valence-electron chi connectivity index (χ4n) is 2.90. The lowest BCUT2D eigenvalue weighted by atomic mass is 9.78. The van der Waals surface area contributed by atoms with E-state index in [2.05, 4.69) is 11.8 Å². The zero-order chi connectivity index (χ0) is 14.3. The van der Waals surface area contributed by atoms with Crippen molar-refractivity contribution in [2.75, 3.05) is 40.5 Å². The molecule has 112 valence electrons. The fraction of sp³-hybridized carbons (Fsp3) is 0.929. The van der Waals surface area contributed by atoms with Crippen molar-refractivity contribution in [1.82, 2.24) is 4.90 Å². The van der Waals surface area contributed by atoms with Gasteiger partial charge >= 0.3 is 5.97 Å². The van der Waals surface area contributed by atoms with Crippen LogP contribution in [0.1, 0.15) is 26.2 Å². The van der Waals surface area contributed by atoms with Gasteiger partial charge in [0.15, 0.2) is 0 Å². The Morgan fingerprint density at radius 1 is 1.21 bits per heavy atom. The van der Waals surface area contributed by atoms with E-state index in [0.29, 0.717) is 19.1 Å². The number of methoxy groups -OCH3 is 2. The van der Waals surface area contributed by atoms with E-state index in [1.165, 1.54) is 0 Å². The van der Waals surface area contributed by atoms with Gasteiger partial charge in [0.05, 0.1) is 19.1 Å². The van der Waals surface area contributed by atoms with Crippen LogP contribution in [0, 0.1) is 11.8 Å². The molecule has 1 fully saturated rings. The molecule has 0 heterocycles. The topological polar surface area (TPSA) is 59.0 Å². The number of carbonyl (C=O) groups is 1. The van der Waals surface area contributed by atoms with Gasteiger partial charge in [-0.25, -0.2) is 0 Å². The molecule has 0 aromatic heterocycles. The minimum atomic E-state index is -0.670. The summed E-state index contributed by atoms with van der Waals surface area (Å²) in [5, 5.41) is 9.41. The monoisotopic (exact) mass is 273 g/mol. The van der Waals surface area contributed by atoms with Gasteiger partial charge < -0.3 is 14.6 Å². The summed E-state index contributed by atoms with van der Waals surface area (Å²) in [4.78, 5) is 13.7. The highest BCUT2D eigenvalue weighted by Crippen LogP contribution is 2.32. The highest BCUT2D eigenvalue weighted by atomic mass is 16.5. The first kappa shape index (κ1) is 16.4. The Morgan fingerprint density at radius 2 is 1.79 bits per heavy atom. The van der Waals surface area contributed by atoms with Crippen molar-refractivity contribution >= 4 is 5.97 Å². The van der Waals surface area contributed by atoms with Gasteiger partial charge in [-0.15, -0.1) is 0 Å². The number of hydrogen-bond acceptors (Lipinski definition) is 4. The smallest absolute Gasteiger partial charge is 0.308 e. The lowest BCUT2D eigenvalue weighted by Crippen LogP contribution is -2.49. The number of rotatable bonds is 8. The van der Waals surface area contributed by atoms with Gasteiger partial charge in [-0.05, 0) is 25.2 Å². The van der Waals surface area contributed by atoms with Crippen LogP contribution in [0.2, 0.25) is 0 Å². The van der Waals surface area contributed by atoms with Gasteiger partial charge in [-0.1, -0.05) is 6.92 Å². The van der Waals surface area contributed by atoms with Crippen LogP contribution in [0.5, 0.6) is 0 Å². The summed E-state index contributed by atoms with van der Waals surface area (Å²) in [5.41, 5.74) is 0. The molecule has 19 heavy (non-hydrogen) atoms. The Kier molecular flexibility index (Phi) is 7.34. The van der Waals surface area contributed by atoms with Crippen LogP contribution in [-0.4, -0.2) is 62.5 Å². The number of nitrogens with zero attached hydrogens (tertiary/aromatic N) is 1. The molecule has 5 heteroatoms. The van der Waals surface area contributed by atoms with Crippen LogP contribution < -0.4 is 0 Å². The van der Waals surface area contributed by atoms with Gasteiger partial charge in [-0.3, -0.25) is 9.69 Å². The summed E-state index contributed by atoms with van der Waals surface area (Å²) in [7, 11) is 3.35. The maximum atomic E-state index is 11.4. The molecular formula is C14H27NO4. The maximum absolute atomic E-state index is 11.4. The molecule has 3 atom stereocenters. The maximum Gasteiger partial charge on any atom is 0.308 e. The first-order valence-corrected chi connectivity index (χ1v) is 7.04. The van der Waals surface area contributed by atoms with Crippen molar-refractivity contribution in [2.24, 2.45) is 11.8 Å². The minimum Gasteiger partial charge on any atom is -0.481 e. The Balaban J connectivity index is 2.71. The highest BCUT2D eigenvalue weighted by Gasteiger charge is 2.36. The molecule has 0 amide bonds. The Hall–Kier alpha value is -0.650. The number of aliphatic carboxylic acids is 1. The van der Waals surface area contributed by atoms with E-state index in [9.17, 15) is 9.90 Å². The second-order valence-corrected chi connectivity index (χ2v) is 5.45. The summed E-state index contributed by atoms with van der Waals surface area (Å²) >= 11 is 0. The highest BCUT2D eigenvalue weighted by molar-refractivity contribution is 5.71. The van der Waals surface area contributed by atoms with Gasteiger partial charge in [0.25, 0.3) is 0 Å². The van der Waals surface area contributed by atoms with Gasteiger partial charge in [0.2, 0.25) is 0 Å². The van der Waals surface area contributed by atoms with Crippen molar-refractivity contribution in [3.8, 4) is 0 Å². The largest absolute Gasteiger partial charge is 0.481 e. The van der Waals surface area contributed by atoms with E-state index < -0.39 is 5.97 Å². The average molecular weight is 273 g/mol. The predicted molar refractivity (Wildman–Crippen MR) is 73.3 cm³/mol. The Bertz CT molecular complexity index is 264. The number of hydrogen-bond donors (Lipinski definition) is 1. The molecule has 3 unspecified atom stereocenters. The van der Waals surface area contributed by atoms with Crippen molar-refractivity contribution in [3.63, 3.8) is 0 Å².